The van der Waals surface area contributed by atoms with Crippen molar-refractivity contribution in [3.8, 4) is 0 Å². The Morgan fingerprint density at radius 2 is 2.29 bits per heavy atom. The Bertz CT molecular complexity index is 818. The minimum atomic E-state index is -2.57. The van der Waals surface area contributed by atoms with E-state index in [1.165, 1.54) is 0 Å². The fraction of sp³-hybridized carbons (Fsp3) is 0.467. The molecule has 1 unspecified atom stereocenters. The Morgan fingerprint density at radius 1 is 1.43 bits per heavy atom. The van der Waals surface area contributed by atoms with Gasteiger partial charge >= 0.3 is 0 Å². The van der Waals surface area contributed by atoms with Crippen LogP contribution in [0.2, 0.25) is 0 Å². The lowest BCUT2D eigenvalue weighted by Gasteiger charge is -2.31. The second-order valence-corrected chi connectivity index (χ2v) is 5.87. The number of rotatable bonds is 1. The van der Waals surface area contributed by atoms with Gasteiger partial charge in [0, 0.05) is 30.5 Å². The SMILES string of the molecule is Cc1nc2cnc3[nH]ccc3c2n1C1CCCC(F)(F)C1. The van der Waals surface area contributed by atoms with Gasteiger partial charge in [0.25, 0.3) is 0 Å². The number of aromatic nitrogens is 4. The van der Waals surface area contributed by atoms with Gasteiger partial charge < -0.3 is 9.55 Å². The average molecular weight is 290 g/mol. The first-order chi connectivity index (χ1) is 10.1. The van der Waals surface area contributed by atoms with E-state index in [1.807, 2.05) is 23.8 Å². The smallest absolute Gasteiger partial charge is 0.250 e. The van der Waals surface area contributed by atoms with Crippen LogP contribution in [0.3, 0.4) is 0 Å². The van der Waals surface area contributed by atoms with Crippen LogP contribution < -0.4 is 0 Å². The Morgan fingerprint density at radius 3 is 3.10 bits per heavy atom. The fourth-order valence-electron chi connectivity index (χ4n) is 3.52. The first-order valence-corrected chi connectivity index (χ1v) is 7.24. The number of alkyl halides is 2. The Hall–Kier alpha value is -1.98. The molecule has 1 fully saturated rings. The molecule has 0 aromatic carbocycles. The van der Waals surface area contributed by atoms with Crippen molar-refractivity contribution in [1.29, 1.82) is 0 Å². The second-order valence-electron chi connectivity index (χ2n) is 5.87. The van der Waals surface area contributed by atoms with Crippen LogP contribution in [-0.4, -0.2) is 25.4 Å². The molecule has 0 radical (unpaired) electrons. The molecule has 1 aliphatic rings. The molecule has 1 atom stereocenters. The lowest BCUT2D eigenvalue weighted by atomic mass is 9.91. The zero-order chi connectivity index (χ0) is 14.6. The number of imidazole rings is 1. The Labute approximate surface area is 120 Å². The highest BCUT2D eigenvalue weighted by Crippen LogP contribution is 2.41. The molecule has 0 aliphatic heterocycles. The summed E-state index contributed by atoms with van der Waals surface area (Å²) in [4.78, 5) is 11.9. The fourth-order valence-corrected chi connectivity index (χ4v) is 3.52. The maximum atomic E-state index is 13.8. The maximum Gasteiger partial charge on any atom is 0.250 e. The summed E-state index contributed by atoms with van der Waals surface area (Å²) in [6.07, 6.45) is 4.75. The van der Waals surface area contributed by atoms with E-state index < -0.39 is 5.92 Å². The van der Waals surface area contributed by atoms with Crippen molar-refractivity contribution in [2.24, 2.45) is 0 Å². The van der Waals surface area contributed by atoms with Crippen molar-refractivity contribution in [2.75, 3.05) is 0 Å². The highest BCUT2D eigenvalue weighted by atomic mass is 19.3. The number of nitrogens with one attached hydrogen (secondary N) is 1. The highest BCUT2D eigenvalue weighted by Gasteiger charge is 2.38. The van der Waals surface area contributed by atoms with Gasteiger partial charge in [-0.3, -0.25) is 0 Å². The van der Waals surface area contributed by atoms with Crippen LogP contribution >= 0.6 is 0 Å². The van der Waals surface area contributed by atoms with E-state index in [1.54, 1.807) is 6.20 Å². The van der Waals surface area contributed by atoms with Crippen molar-refractivity contribution >= 4 is 22.1 Å². The van der Waals surface area contributed by atoms with E-state index in [4.69, 9.17) is 0 Å². The lowest BCUT2D eigenvalue weighted by Crippen LogP contribution is -2.28. The van der Waals surface area contributed by atoms with E-state index in [0.29, 0.717) is 6.42 Å². The summed E-state index contributed by atoms with van der Waals surface area (Å²) in [6.45, 7) is 1.88. The highest BCUT2D eigenvalue weighted by molar-refractivity contribution is 6.01. The average Bonchev–Trinajstić information content (AvgIpc) is 2.99. The van der Waals surface area contributed by atoms with Crippen molar-refractivity contribution in [1.82, 2.24) is 19.5 Å². The van der Waals surface area contributed by atoms with Gasteiger partial charge in [0.05, 0.1) is 11.7 Å². The minimum Gasteiger partial charge on any atom is -0.346 e. The predicted molar refractivity (Wildman–Crippen MR) is 76.6 cm³/mol. The summed E-state index contributed by atoms with van der Waals surface area (Å²) >= 11 is 0. The second kappa shape index (κ2) is 4.26. The molecule has 1 N–H and O–H groups in total. The third kappa shape index (κ3) is 1.92. The predicted octanol–water partition coefficient (Wildman–Crippen LogP) is 3.97. The molecule has 6 heteroatoms. The number of hydrogen-bond donors (Lipinski definition) is 1. The number of halogens is 2. The van der Waals surface area contributed by atoms with E-state index in [0.717, 1.165) is 34.3 Å². The molecule has 3 heterocycles. The summed E-state index contributed by atoms with van der Waals surface area (Å²) in [5.74, 6) is -1.79. The normalized spacial score (nSPS) is 22.1. The summed E-state index contributed by atoms with van der Waals surface area (Å²) in [5.41, 5.74) is 2.46. The molecular weight excluding hydrogens is 274 g/mol. The number of aromatic amines is 1. The van der Waals surface area contributed by atoms with Gasteiger partial charge in [-0.15, -0.1) is 0 Å². The van der Waals surface area contributed by atoms with E-state index in [2.05, 4.69) is 15.0 Å². The van der Waals surface area contributed by atoms with Crippen LogP contribution in [-0.2, 0) is 0 Å². The molecule has 0 bridgehead atoms. The Balaban J connectivity index is 1.95. The molecule has 4 rings (SSSR count). The molecule has 110 valence electrons. The number of hydrogen-bond acceptors (Lipinski definition) is 2. The number of pyridine rings is 1. The zero-order valence-corrected chi connectivity index (χ0v) is 11.7. The van der Waals surface area contributed by atoms with Gasteiger partial charge in [0.15, 0.2) is 0 Å². The van der Waals surface area contributed by atoms with Crippen LogP contribution in [0.25, 0.3) is 22.1 Å². The third-order valence-corrected chi connectivity index (χ3v) is 4.39. The standard InChI is InChI=1S/C15H16F2N4/c1-9-20-12-8-19-14-11(4-6-18-14)13(12)21(9)10-3-2-5-15(16,17)7-10/h4,6,8,10H,2-3,5,7H2,1H3,(H,18,19). The summed E-state index contributed by atoms with van der Waals surface area (Å²) in [5, 5.41) is 0.946. The van der Waals surface area contributed by atoms with Crippen LogP contribution in [0.1, 0.15) is 37.5 Å². The van der Waals surface area contributed by atoms with E-state index in [9.17, 15) is 8.78 Å². The van der Waals surface area contributed by atoms with Crippen molar-refractivity contribution in [3.63, 3.8) is 0 Å². The molecule has 1 saturated carbocycles. The van der Waals surface area contributed by atoms with Gasteiger partial charge in [-0.05, 0) is 25.8 Å². The summed E-state index contributed by atoms with van der Waals surface area (Å²) in [7, 11) is 0. The molecule has 21 heavy (non-hydrogen) atoms. The molecular formula is C15H16F2N4. The quantitative estimate of drug-likeness (QED) is 0.737. The molecule has 0 amide bonds. The number of H-pyrrole nitrogens is 1. The van der Waals surface area contributed by atoms with Crippen molar-refractivity contribution < 1.29 is 8.78 Å². The van der Waals surface area contributed by atoms with Gasteiger partial charge in [-0.2, -0.15) is 0 Å². The van der Waals surface area contributed by atoms with E-state index >= 15 is 0 Å². The number of fused-ring (bicyclic) bond motifs is 3. The zero-order valence-electron chi connectivity index (χ0n) is 11.7. The molecule has 3 aromatic rings. The van der Waals surface area contributed by atoms with Gasteiger partial charge in [-0.1, -0.05) is 0 Å². The molecule has 1 aliphatic carbocycles. The summed E-state index contributed by atoms with van der Waals surface area (Å²) < 4.78 is 29.5. The number of nitrogens with zero attached hydrogens (tertiary/aromatic N) is 3. The van der Waals surface area contributed by atoms with Gasteiger partial charge in [-0.25, -0.2) is 18.7 Å². The lowest BCUT2D eigenvalue weighted by molar-refractivity contribution is -0.0492. The monoisotopic (exact) mass is 290 g/mol. The third-order valence-electron chi connectivity index (χ3n) is 4.39. The first kappa shape index (κ1) is 12.7. The van der Waals surface area contributed by atoms with Crippen LogP contribution in [0.15, 0.2) is 18.5 Å². The minimum absolute atomic E-state index is 0.00367. The van der Waals surface area contributed by atoms with Gasteiger partial charge in [0.2, 0.25) is 5.92 Å². The first-order valence-electron chi connectivity index (χ1n) is 7.24. The van der Waals surface area contributed by atoms with Crippen LogP contribution in [0.4, 0.5) is 8.78 Å². The Kier molecular flexibility index (Phi) is 2.58. The van der Waals surface area contributed by atoms with Crippen LogP contribution in [0.5, 0.6) is 0 Å². The van der Waals surface area contributed by atoms with Crippen molar-refractivity contribution in [3.05, 3.63) is 24.3 Å². The van der Waals surface area contributed by atoms with Crippen molar-refractivity contribution in [2.45, 2.75) is 44.6 Å². The van der Waals surface area contributed by atoms with Crippen LogP contribution in [0, 0.1) is 6.92 Å². The van der Waals surface area contributed by atoms with Gasteiger partial charge in [0.1, 0.15) is 17.0 Å². The topological polar surface area (TPSA) is 46.5 Å². The molecule has 4 nitrogen and oxygen atoms in total. The van der Waals surface area contributed by atoms with E-state index in [-0.39, 0.29) is 18.9 Å². The number of aryl methyl sites for hydroxylation is 1. The molecule has 0 spiro atoms. The maximum absolute atomic E-state index is 13.8. The molecule has 0 saturated heterocycles. The summed E-state index contributed by atoms with van der Waals surface area (Å²) in [6, 6.07) is 1.74. The molecule has 3 aromatic heterocycles. The largest absolute Gasteiger partial charge is 0.346 e.